The molecule has 0 spiro atoms. The Balaban J connectivity index is 1.28. The monoisotopic (exact) mass is 439 g/mol. The van der Waals surface area contributed by atoms with Gasteiger partial charge < -0.3 is 14.4 Å². The molecule has 1 saturated heterocycles. The Kier molecular flexibility index (Phi) is 6.84. The van der Waals surface area contributed by atoms with Gasteiger partial charge in [-0.1, -0.05) is 36.3 Å². The van der Waals surface area contributed by atoms with Gasteiger partial charge >= 0.3 is 0 Å². The summed E-state index contributed by atoms with van der Waals surface area (Å²) in [5, 5.41) is 15.0. The Morgan fingerprint density at radius 1 is 1.28 bits per heavy atom. The number of benzene rings is 1. The van der Waals surface area contributed by atoms with Crippen LogP contribution in [0.2, 0.25) is 0 Å². The van der Waals surface area contributed by atoms with Crippen LogP contribution in [0.4, 0.5) is 0 Å². The van der Waals surface area contributed by atoms with Crippen molar-refractivity contribution in [1.29, 1.82) is 0 Å². The lowest BCUT2D eigenvalue weighted by Crippen LogP contribution is -2.43. The topological polar surface area (TPSA) is 106 Å². The largest absolute Gasteiger partial charge is 0.493 e. The van der Waals surface area contributed by atoms with Gasteiger partial charge in [-0.05, 0) is 36.6 Å². The van der Waals surface area contributed by atoms with Gasteiger partial charge in [0, 0.05) is 18.7 Å². The summed E-state index contributed by atoms with van der Waals surface area (Å²) in [6.07, 6.45) is 0.606. The van der Waals surface area contributed by atoms with Crippen LogP contribution in [0.15, 0.2) is 35.0 Å². The third kappa shape index (κ3) is 5.34. The molecular weight excluding hydrogens is 410 g/mol. The van der Waals surface area contributed by atoms with Crippen molar-refractivity contribution >= 4 is 5.91 Å². The van der Waals surface area contributed by atoms with E-state index < -0.39 is 0 Å². The predicted molar refractivity (Wildman–Crippen MR) is 116 cm³/mol. The van der Waals surface area contributed by atoms with E-state index in [1.165, 1.54) is 5.56 Å². The van der Waals surface area contributed by atoms with Crippen molar-refractivity contribution in [2.24, 2.45) is 0 Å². The second-order valence-electron chi connectivity index (χ2n) is 8.31. The van der Waals surface area contributed by atoms with Gasteiger partial charge in [-0.2, -0.15) is 5.10 Å². The van der Waals surface area contributed by atoms with E-state index in [0.29, 0.717) is 50.0 Å². The highest BCUT2D eigenvalue weighted by Gasteiger charge is 2.28. The van der Waals surface area contributed by atoms with Crippen LogP contribution in [-0.2, 0) is 22.4 Å². The summed E-state index contributed by atoms with van der Waals surface area (Å²) in [6, 6.07) is 10.2. The van der Waals surface area contributed by atoms with E-state index in [0.717, 1.165) is 17.1 Å². The van der Waals surface area contributed by atoms with Gasteiger partial charge in [-0.25, -0.2) is 4.63 Å². The van der Waals surface area contributed by atoms with E-state index in [1.54, 1.807) is 11.8 Å². The van der Waals surface area contributed by atoms with Gasteiger partial charge in [-0.15, -0.1) is 0 Å². The van der Waals surface area contributed by atoms with Crippen molar-refractivity contribution < 1.29 is 18.9 Å². The molecule has 3 heterocycles. The molecule has 3 aromatic rings. The quantitative estimate of drug-likeness (QED) is 0.575. The molecule has 9 nitrogen and oxygen atoms in total. The van der Waals surface area contributed by atoms with Crippen LogP contribution in [-0.4, -0.2) is 57.6 Å². The number of carbonyl (C=O) groups is 1. The maximum Gasteiger partial charge on any atom is 0.228 e. The molecule has 2 aromatic heterocycles. The van der Waals surface area contributed by atoms with Crippen LogP contribution in [0.3, 0.4) is 0 Å². The number of hydrogen-bond acceptors (Lipinski definition) is 7. The minimum atomic E-state index is -0.265. The third-order valence-electron chi connectivity index (χ3n) is 5.65. The standard InChI is InChI=1S/C23H29N5O4/c1-15(2)17-4-6-19(7-5-17)30-10-8-18-12-21(25-24-18)22-14-28(9-11-31-22)23(29)13-20-16(3)26-32-27-20/h4-7,12,15,22H,8-11,13-14H2,1-3H3,(H,24,25)/t22-/m1/s1. The normalized spacial score (nSPS) is 16.5. The Labute approximate surface area is 187 Å². The first-order chi connectivity index (χ1) is 15.5. The van der Waals surface area contributed by atoms with E-state index in [9.17, 15) is 4.79 Å². The SMILES string of the molecule is Cc1nonc1CC(=O)N1CCO[C@@H](c2cc(CCOc3ccc(C(C)C)cc3)[nH]n2)C1. The van der Waals surface area contributed by atoms with Gasteiger partial charge in [-0.3, -0.25) is 9.89 Å². The number of ether oxygens (including phenoxy) is 2. The summed E-state index contributed by atoms with van der Waals surface area (Å²) < 4.78 is 16.4. The zero-order chi connectivity index (χ0) is 22.5. The number of aryl methyl sites for hydroxylation is 1. The fraction of sp³-hybridized carbons (Fsp3) is 0.478. The Morgan fingerprint density at radius 3 is 2.81 bits per heavy atom. The number of nitrogens with one attached hydrogen (secondary N) is 1. The summed E-state index contributed by atoms with van der Waals surface area (Å²) in [7, 11) is 0. The maximum absolute atomic E-state index is 12.7. The van der Waals surface area contributed by atoms with Crippen molar-refractivity contribution in [3.8, 4) is 5.75 Å². The van der Waals surface area contributed by atoms with Crippen molar-refractivity contribution in [3.63, 3.8) is 0 Å². The minimum absolute atomic E-state index is 0.0234. The first-order valence-electron chi connectivity index (χ1n) is 10.9. The molecule has 0 saturated carbocycles. The van der Waals surface area contributed by atoms with Gasteiger partial charge in [0.25, 0.3) is 0 Å². The Bertz CT molecular complexity index is 1030. The molecule has 170 valence electrons. The highest BCUT2D eigenvalue weighted by Crippen LogP contribution is 2.23. The number of H-pyrrole nitrogens is 1. The minimum Gasteiger partial charge on any atom is -0.493 e. The van der Waals surface area contributed by atoms with Crippen LogP contribution < -0.4 is 4.74 Å². The lowest BCUT2D eigenvalue weighted by atomic mass is 10.0. The molecule has 1 aromatic carbocycles. The number of aromatic amines is 1. The van der Waals surface area contributed by atoms with Crippen LogP contribution in [0.5, 0.6) is 5.75 Å². The molecule has 0 aliphatic carbocycles. The maximum atomic E-state index is 12.7. The smallest absolute Gasteiger partial charge is 0.228 e. The number of amides is 1. The number of nitrogens with zero attached hydrogens (tertiary/aromatic N) is 4. The molecule has 9 heteroatoms. The fourth-order valence-corrected chi connectivity index (χ4v) is 3.62. The van der Waals surface area contributed by atoms with Gasteiger partial charge in [0.1, 0.15) is 23.2 Å². The van der Waals surface area contributed by atoms with Gasteiger partial charge in [0.2, 0.25) is 5.91 Å². The number of hydrogen-bond donors (Lipinski definition) is 1. The molecule has 1 N–H and O–H groups in total. The lowest BCUT2D eigenvalue weighted by molar-refractivity contribution is -0.138. The van der Waals surface area contributed by atoms with Crippen molar-refractivity contribution in [1.82, 2.24) is 25.4 Å². The molecule has 0 radical (unpaired) electrons. The number of rotatable bonds is 8. The number of carbonyl (C=O) groups excluding carboxylic acids is 1. The average molecular weight is 440 g/mol. The summed E-state index contributed by atoms with van der Waals surface area (Å²) in [4.78, 5) is 14.4. The number of aromatic nitrogens is 4. The predicted octanol–water partition coefficient (Wildman–Crippen LogP) is 2.99. The highest BCUT2D eigenvalue weighted by molar-refractivity contribution is 5.78. The summed E-state index contributed by atoms with van der Waals surface area (Å²) in [6.45, 7) is 8.12. The van der Waals surface area contributed by atoms with E-state index in [-0.39, 0.29) is 18.4 Å². The Hall–Kier alpha value is -3.20. The van der Waals surface area contributed by atoms with Crippen LogP contribution in [0.25, 0.3) is 0 Å². The van der Waals surface area contributed by atoms with E-state index in [4.69, 9.17) is 9.47 Å². The molecule has 32 heavy (non-hydrogen) atoms. The van der Waals surface area contributed by atoms with Gasteiger partial charge in [0.15, 0.2) is 0 Å². The first-order valence-corrected chi connectivity index (χ1v) is 10.9. The van der Waals surface area contributed by atoms with E-state index in [2.05, 4.69) is 51.1 Å². The van der Waals surface area contributed by atoms with Crippen molar-refractivity contribution in [2.45, 2.75) is 45.6 Å². The zero-order valence-electron chi connectivity index (χ0n) is 18.7. The molecule has 1 fully saturated rings. The summed E-state index contributed by atoms with van der Waals surface area (Å²) in [5.41, 5.74) is 4.26. The highest BCUT2D eigenvalue weighted by atomic mass is 16.6. The second-order valence-corrected chi connectivity index (χ2v) is 8.31. The molecule has 0 bridgehead atoms. The van der Waals surface area contributed by atoms with E-state index in [1.807, 2.05) is 18.2 Å². The zero-order valence-corrected chi connectivity index (χ0v) is 18.7. The van der Waals surface area contributed by atoms with E-state index >= 15 is 0 Å². The van der Waals surface area contributed by atoms with Crippen molar-refractivity contribution in [2.75, 3.05) is 26.3 Å². The lowest BCUT2D eigenvalue weighted by Gasteiger charge is -2.32. The molecule has 1 aliphatic heterocycles. The molecule has 1 aliphatic rings. The summed E-state index contributed by atoms with van der Waals surface area (Å²) >= 11 is 0. The molecule has 0 unspecified atom stereocenters. The molecule has 4 rings (SSSR count). The second kappa shape index (κ2) is 9.95. The molecular formula is C23H29N5O4. The fourth-order valence-electron chi connectivity index (χ4n) is 3.62. The molecule has 1 amide bonds. The third-order valence-corrected chi connectivity index (χ3v) is 5.65. The summed E-state index contributed by atoms with van der Waals surface area (Å²) in [5.74, 6) is 1.34. The molecule has 1 atom stereocenters. The van der Waals surface area contributed by atoms with Gasteiger partial charge in [0.05, 0.1) is 31.9 Å². The van der Waals surface area contributed by atoms with Crippen LogP contribution >= 0.6 is 0 Å². The first kappa shape index (κ1) is 22.0. The van der Waals surface area contributed by atoms with Crippen molar-refractivity contribution in [3.05, 3.63) is 58.7 Å². The Morgan fingerprint density at radius 2 is 2.09 bits per heavy atom. The van der Waals surface area contributed by atoms with Crippen LogP contribution in [0, 0.1) is 6.92 Å². The number of morpholine rings is 1. The average Bonchev–Trinajstić information content (AvgIpc) is 3.43. The van der Waals surface area contributed by atoms with Crippen LogP contribution in [0.1, 0.15) is 54.2 Å².